The van der Waals surface area contributed by atoms with E-state index in [-0.39, 0.29) is 0 Å². The molecule has 1 aromatic rings. The summed E-state index contributed by atoms with van der Waals surface area (Å²) >= 11 is 1.53. The Balaban J connectivity index is 2.77. The maximum atomic E-state index is 8.36. The average Bonchev–Trinajstić information content (AvgIpc) is 2.07. The summed E-state index contributed by atoms with van der Waals surface area (Å²) in [4.78, 5) is 1.10. The number of thioether (sulfide) groups is 1. The van der Waals surface area contributed by atoms with Crippen molar-refractivity contribution in [1.82, 2.24) is 0 Å². The number of aryl methyl sites for hydroxylation is 1. The van der Waals surface area contributed by atoms with Gasteiger partial charge in [-0.3, -0.25) is 0 Å². The molecule has 0 aromatic heterocycles. The third kappa shape index (κ3) is 2.18. The Bertz CT molecular complexity index is 315. The van der Waals surface area contributed by atoms with Crippen molar-refractivity contribution in [2.24, 2.45) is 0 Å². The van der Waals surface area contributed by atoms with Crippen LogP contribution < -0.4 is 5.73 Å². The smallest absolute Gasteiger partial charge is 0.0855 e. The van der Waals surface area contributed by atoms with Gasteiger partial charge >= 0.3 is 0 Å². The first-order chi connectivity index (χ1) is 5.74. The summed E-state index contributed by atoms with van der Waals surface area (Å²) in [7, 11) is 0. The fraction of sp³-hybridized carbons (Fsp3) is 0.222. The van der Waals surface area contributed by atoms with E-state index in [1.165, 1.54) is 11.8 Å². The summed E-state index contributed by atoms with van der Waals surface area (Å²) in [6.07, 6.45) is 0. The quantitative estimate of drug-likeness (QED) is 0.558. The molecule has 12 heavy (non-hydrogen) atoms. The van der Waals surface area contributed by atoms with Crippen LogP contribution in [0.3, 0.4) is 0 Å². The SMILES string of the molecule is Cc1cc(SCC#N)ccc1N. The molecule has 1 aromatic carbocycles. The van der Waals surface area contributed by atoms with Crippen molar-refractivity contribution in [1.29, 1.82) is 5.26 Å². The molecule has 0 atom stereocenters. The zero-order valence-corrected chi connectivity index (χ0v) is 7.69. The first-order valence-electron chi connectivity index (χ1n) is 3.60. The van der Waals surface area contributed by atoms with Crippen LogP contribution in [0.1, 0.15) is 5.56 Å². The van der Waals surface area contributed by atoms with E-state index in [1.54, 1.807) is 0 Å². The van der Waals surface area contributed by atoms with Crippen LogP contribution in [0.25, 0.3) is 0 Å². The van der Waals surface area contributed by atoms with Crippen molar-refractivity contribution in [3.05, 3.63) is 23.8 Å². The van der Waals surface area contributed by atoms with Crippen LogP contribution in [-0.4, -0.2) is 5.75 Å². The van der Waals surface area contributed by atoms with E-state index < -0.39 is 0 Å². The van der Waals surface area contributed by atoms with Gasteiger partial charge in [-0.25, -0.2) is 0 Å². The molecule has 2 nitrogen and oxygen atoms in total. The highest BCUT2D eigenvalue weighted by molar-refractivity contribution is 7.99. The normalized spacial score (nSPS) is 9.33. The largest absolute Gasteiger partial charge is 0.399 e. The van der Waals surface area contributed by atoms with E-state index in [1.807, 2.05) is 25.1 Å². The molecule has 2 N–H and O–H groups in total. The van der Waals surface area contributed by atoms with Crippen LogP contribution in [0.4, 0.5) is 5.69 Å². The molecule has 0 aliphatic rings. The minimum atomic E-state index is 0.489. The molecule has 0 aliphatic heterocycles. The second-order valence-corrected chi connectivity index (χ2v) is 3.51. The molecule has 0 unspecified atom stereocenters. The number of nitriles is 1. The van der Waals surface area contributed by atoms with Gasteiger partial charge in [0.15, 0.2) is 0 Å². The molecular weight excluding hydrogens is 168 g/mol. The number of anilines is 1. The third-order valence-electron chi connectivity index (χ3n) is 1.54. The van der Waals surface area contributed by atoms with Crippen LogP contribution in [0.5, 0.6) is 0 Å². The van der Waals surface area contributed by atoms with Crippen molar-refractivity contribution in [2.45, 2.75) is 11.8 Å². The Morgan fingerprint density at radius 1 is 1.58 bits per heavy atom. The number of rotatable bonds is 2. The van der Waals surface area contributed by atoms with E-state index in [0.29, 0.717) is 5.75 Å². The lowest BCUT2D eigenvalue weighted by atomic mass is 10.2. The van der Waals surface area contributed by atoms with Gasteiger partial charge in [-0.2, -0.15) is 5.26 Å². The van der Waals surface area contributed by atoms with E-state index in [9.17, 15) is 0 Å². The third-order valence-corrected chi connectivity index (χ3v) is 2.41. The summed E-state index contributed by atoms with van der Waals surface area (Å²) < 4.78 is 0. The van der Waals surface area contributed by atoms with Crippen molar-refractivity contribution in [3.8, 4) is 6.07 Å². The van der Waals surface area contributed by atoms with E-state index >= 15 is 0 Å². The molecular formula is C9H10N2S. The van der Waals surface area contributed by atoms with Crippen LogP contribution in [-0.2, 0) is 0 Å². The van der Waals surface area contributed by atoms with Crippen LogP contribution in [0, 0.1) is 18.3 Å². The van der Waals surface area contributed by atoms with Crippen LogP contribution in [0.2, 0.25) is 0 Å². The number of hydrogen-bond donors (Lipinski definition) is 1. The summed E-state index contributed by atoms with van der Waals surface area (Å²) in [5.74, 6) is 0.489. The van der Waals surface area contributed by atoms with Gasteiger partial charge in [0.25, 0.3) is 0 Å². The highest BCUT2D eigenvalue weighted by atomic mass is 32.2. The number of benzene rings is 1. The second kappa shape index (κ2) is 4.03. The molecule has 3 heteroatoms. The number of nitrogen functional groups attached to an aromatic ring is 1. The van der Waals surface area contributed by atoms with Gasteiger partial charge in [-0.05, 0) is 30.7 Å². The lowest BCUT2D eigenvalue weighted by Gasteiger charge is -2.01. The second-order valence-electron chi connectivity index (χ2n) is 2.47. The molecule has 0 heterocycles. The highest BCUT2D eigenvalue weighted by Crippen LogP contribution is 2.21. The molecule has 0 aliphatic carbocycles. The molecule has 0 radical (unpaired) electrons. The molecule has 0 saturated carbocycles. The summed E-state index contributed by atoms with van der Waals surface area (Å²) in [5, 5.41) is 8.36. The average molecular weight is 178 g/mol. The van der Waals surface area contributed by atoms with Crippen LogP contribution in [0.15, 0.2) is 23.1 Å². The zero-order valence-electron chi connectivity index (χ0n) is 6.87. The monoisotopic (exact) mass is 178 g/mol. The molecule has 1 rings (SSSR count). The standard InChI is InChI=1S/C9H10N2S/c1-7-6-8(12-5-4-10)2-3-9(7)11/h2-3,6H,5,11H2,1H3. The minimum Gasteiger partial charge on any atom is -0.399 e. The van der Waals surface area contributed by atoms with Gasteiger partial charge in [-0.15, -0.1) is 11.8 Å². The number of nitrogens with two attached hydrogens (primary N) is 1. The van der Waals surface area contributed by atoms with Gasteiger partial charge in [0.1, 0.15) is 0 Å². The first kappa shape index (κ1) is 8.95. The molecule has 0 fully saturated rings. The Labute approximate surface area is 76.4 Å². The maximum absolute atomic E-state index is 8.36. The van der Waals surface area contributed by atoms with Gasteiger partial charge in [0.2, 0.25) is 0 Å². The van der Waals surface area contributed by atoms with Gasteiger partial charge in [-0.1, -0.05) is 0 Å². The Morgan fingerprint density at radius 3 is 2.92 bits per heavy atom. The van der Waals surface area contributed by atoms with Crippen molar-refractivity contribution in [2.75, 3.05) is 11.5 Å². The number of hydrogen-bond acceptors (Lipinski definition) is 3. The predicted molar refractivity (Wildman–Crippen MR) is 51.9 cm³/mol. The number of nitrogens with zero attached hydrogens (tertiary/aromatic N) is 1. The highest BCUT2D eigenvalue weighted by Gasteiger charge is 1.96. The van der Waals surface area contributed by atoms with E-state index in [2.05, 4.69) is 6.07 Å². The van der Waals surface area contributed by atoms with Gasteiger partial charge in [0.05, 0.1) is 11.8 Å². The lowest BCUT2D eigenvalue weighted by molar-refractivity contribution is 1.36. The van der Waals surface area contributed by atoms with E-state index in [0.717, 1.165) is 16.1 Å². The van der Waals surface area contributed by atoms with Gasteiger partial charge in [0, 0.05) is 10.6 Å². The molecule has 0 bridgehead atoms. The van der Waals surface area contributed by atoms with Crippen molar-refractivity contribution in [3.63, 3.8) is 0 Å². The molecule has 62 valence electrons. The lowest BCUT2D eigenvalue weighted by Crippen LogP contribution is -1.88. The minimum absolute atomic E-state index is 0.489. The molecule has 0 saturated heterocycles. The Kier molecular flexibility index (Phi) is 3.01. The zero-order chi connectivity index (χ0) is 8.97. The predicted octanol–water partition coefficient (Wildman–Crippen LogP) is 2.19. The Hall–Kier alpha value is -1.14. The Morgan fingerprint density at radius 2 is 2.33 bits per heavy atom. The fourth-order valence-corrected chi connectivity index (χ4v) is 1.51. The fourth-order valence-electron chi connectivity index (χ4n) is 0.854. The first-order valence-corrected chi connectivity index (χ1v) is 4.58. The van der Waals surface area contributed by atoms with Crippen LogP contribution >= 0.6 is 11.8 Å². The molecule has 0 spiro atoms. The van der Waals surface area contributed by atoms with Gasteiger partial charge < -0.3 is 5.73 Å². The van der Waals surface area contributed by atoms with Crippen molar-refractivity contribution < 1.29 is 0 Å². The summed E-state index contributed by atoms with van der Waals surface area (Å²) in [6, 6.07) is 7.88. The van der Waals surface area contributed by atoms with E-state index in [4.69, 9.17) is 11.0 Å². The summed E-state index contributed by atoms with van der Waals surface area (Å²) in [6.45, 7) is 1.96. The topological polar surface area (TPSA) is 49.8 Å². The summed E-state index contributed by atoms with van der Waals surface area (Å²) in [5.41, 5.74) is 7.51. The maximum Gasteiger partial charge on any atom is 0.0855 e. The molecule has 0 amide bonds. The van der Waals surface area contributed by atoms with Crippen molar-refractivity contribution >= 4 is 17.4 Å².